The maximum atomic E-state index is 12.2. The minimum Gasteiger partial charge on any atom is -0.506 e. The number of hydrogen-bond donors (Lipinski definition) is 5. The van der Waals surface area contributed by atoms with E-state index in [9.17, 15) is 19.5 Å². The summed E-state index contributed by atoms with van der Waals surface area (Å²) in [7, 11) is 0. The summed E-state index contributed by atoms with van der Waals surface area (Å²) in [4.78, 5) is 38.2. The number of hydrogen-bond acceptors (Lipinski definition) is 7. The molecule has 0 bridgehead atoms. The maximum absolute atomic E-state index is 12.2. The van der Waals surface area contributed by atoms with Gasteiger partial charge >= 0.3 is 0 Å². The zero-order chi connectivity index (χ0) is 19.8. The van der Waals surface area contributed by atoms with Gasteiger partial charge in [-0.1, -0.05) is 12.1 Å². The summed E-state index contributed by atoms with van der Waals surface area (Å²) in [5, 5.41) is 18.5. The third-order valence-corrected chi connectivity index (χ3v) is 3.65. The number of hydrazine groups is 1. The highest BCUT2D eigenvalue weighted by molar-refractivity contribution is 5.95. The van der Waals surface area contributed by atoms with Crippen molar-refractivity contribution in [2.45, 2.75) is 13.5 Å². The van der Waals surface area contributed by atoms with Gasteiger partial charge in [-0.2, -0.15) is 0 Å². The summed E-state index contributed by atoms with van der Waals surface area (Å²) < 4.78 is 0. The number of nitrogens with one attached hydrogen (secondary N) is 3. The molecule has 0 atom stereocenters. The number of benzene rings is 1. The van der Waals surface area contributed by atoms with E-state index in [1.165, 1.54) is 17.8 Å². The summed E-state index contributed by atoms with van der Waals surface area (Å²) in [6.45, 7) is 1.62. The Balaban J connectivity index is 2.03. The number of hydroxylamine groups is 1. The number of carbonyl (C=O) groups excluding carboxylic acids is 3. The highest BCUT2D eigenvalue weighted by atomic mass is 16.5. The molecule has 2 amide bonds. The Labute approximate surface area is 154 Å². The highest BCUT2D eigenvalue weighted by Gasteiger charge is 2.12. The van der Waals surface area contributed by atoms with Crippen LogP contribution in [-0.2, 0) is 11.3 Å². The first kappa shape index (κ1) is 19.8. The first-order valence-corrected chi connectivity index (χ1v) is 7.84. The predicted octanol–water partition coefficient (Wildman–Crippen LogP) is 0.861. The van der Waals surface area contributed by atoms with Gasteiger partial charge in [0.05, 0.1) is 5.69 Å². The molecule has 9 nitrogen and oxygen atoms in total. The fourth-order valence-corrected chi connectivity index (χ4v) is 2.23. The number of amides is 2. The van der Waals surface area contributed by atoms with Gasteiger partial charge in [-0.3, -0.25) is 30.0 Å². The molecule has 0 aliphatic heterocycles. The quantitative estimate of drug-likeness (QED) is 0.211. The molecule has 1 aromatic heterocycles. The Hall–Kier alpha value is -3.56. The van der Waals surface area contributed by atoms with Gasteiger partial charge in [0.2, 0.25) is 0 Å². The molecule has 5 N–H and O–H groups in total. The lowest BCUT2D eigenvalue weighted by Gasteiger charge is -2.11. The Kier molecular flexibility index (Phi) is 6.75. The molecule has 0 saturated carbocycles. The van der Waals surface area contributed by atoms with Crippen LogP contribution < -0.4 is 16.3 Å². The summed E-state index contributed by atoms with van der Waals surface area (Å²) in [6, 6.07) is 6.43. The monoisotopic (exact) mass is 370 g/mol. The smallest absolute Gasteiger partial charge is 0.267 e. The number of aldehydes is 1. The van der Waals surface area contributed by atoms with E-state index >= 15 is 0 Å². The van der Waals surface area contributed by atoms with E-state index in [1.54, 1.807) is 31.2 Å². The van der Waals surface area contributed by atoms with E-state index in [2.05, 4.69) is 15.8 Å². The van der Waals surface area contributed by atoms with Crippen LogP contribution in [0.15, 0.2) is 36.5 Å². The molecular weight excluding hydrogens is 352 g/mol. The van der Waals surface area contributed by atoms with Gasteiger partial charge < -0.3 is 5.11 Å². The Bertz CT molecular complexity index is 895. The van der Waals surface area contributed by atoms with E-state index in [1.807, 2.05) is 0 Å². The lowest BCUT2D eigenvalue weighted by molar-refractivity contribution is -0.124. The van der Waals surface area contributed by atoms with Crippen molar-refractivity contribution in [1.82, 2.24) is 21.3 Å². The van der Waals surface area contributed by atoms with Crippen LogP contribution >= 0.6 is 0 Å². The number of rotatable bonds is 7. The molecule has 0 spiro atoms. The number of pyridine rings is 1. The summed E-state index contributed by atoms with van der Waals surface area (Å²) in [5.74, 6) is -1.25. The first-order valence-electron chi connectivity index (χ1n) is 7.84. The van der Waals surface area contributed by atoms with E-state index in [0.717, 1.165) is 6.08 Å². The molecule has 0 radical (unpaired) electrons. The van der Waals surface area contributed by atoms with Crippen molar-refractivity contribution in [1.29, 1.82) is 0 Å². The van der Waals surface area contributed by atoms with Gasteiger partial charge in [-0.25, -0.2) is 10.9 Å². The summed E-state index contributed by atoms with van der Waals surface area (Å²) in [6.07, 6.45) is 4.47. The van der Waals surface area contributed by atoms with Crippen molar-refractivity contribution in [3.05, 3.63) is 64.5 Å². The van der Waals surface area contributed by atoms with Crippen molar-refractivity contribution in [3.63, 3.8) is 0 Å². The largest absolute Gasteiger partial charge is 0.506 e. The van der Waals surface area contributed by atoms with Crippen molar-refractivity contribution < 1.29 is 24.7 Å². The Morgan fingerprint density at radius 1 is 1.30 bits per heavy atom. The number of aromatic hydroxyl groups is 1. The minimum atomic E-state index is -0.690. The molecule has 140 valence electrons. The van der Waals surface area contributed by atoms with E-state index in [-0.39, 0.29) is 17.9 Å². The molecule has 0 aliphatic carbocycles. The molecule has 0 fully saturated rings. The predicted molar refractivity (Wildman–Crippen MR) is 95.7 cm³/mol. The van der Waals surface area contributed by atoms with Crippen molar-refractivity contribution in [2.24, 2.45) is 0 Å². The second-order valence-electron chi connectivity index (χ2n) is 5.49. The van der Waals surface area contributed by atoms with Crippen LogP contribution in [0.1, 0.15) is 37.5 Å². The third kappa shape index (κ3) is 5.21. The van der Waals surface area contributed by atoms with Crippen LogP contribution in [0.2, 0.25) is 0 Å². The lowest BCUT2D eigenvalue weighted by atomic mass is 10.1. The standard InChI is InChI=1S/C18H18N4O5/c1-11-17(25)15(14(10-23)8-19-11)9-20-21-18(26)13-4-2-3-12(7-13)5-6-16(24)22-27/h2-8,10,20,25,27H,9H2,1H3,(H,21,26)(H,22,24)/b6-5+. The second kappa shape index (κ2) is 9.22. The van der Waals surface area contributed by atoms with Crippen LogP contribution in [0, 0.1) is 6.92 Å². The third-order valence-electron chi connectivity index (χ3n) is 3.65. The molecule has 0 aliphatic rings. The van der Waals surface area contributed by atoms with Crippen molar-refractivity contribution in [3.8, 4) is 5.75 Å². The van der Waals surface area contributed by atoms with Crippen LogP contribution in [0.25, 0.3) is 6.08 Å². The van der Waals surface area contributed by atoms with Gasteiger partial charge in [-0.15, -0.1) is 0 Å². The number of carbonyl (C=O) groups is 3. The highest BCUT2D eigenvalue weighted by Crippen LogP contribution is 2.22. The van der Waals surface area contributed by atoms with Gasteiger partial charge in [0.15, 0.2) is 6.29 Å². The lowest BCUT2D eigenvalue weighted by Crippen LogP contribution is -2.37. The number of aryl methyl sites for hydroxylation is 1. The number of aromatic nitrogens is 1. The summed E-state index contributed by atoms with van der Waals surface area (Å²) in [5.41, 5.74) is 8.41. The molecule has 9 heteroatoms. The zero-order valence-electron chi connectivity index (χ0n) is 14.4. The van der Waals surface area contributed by atoms with Gasteiger partial charge in [0, 0.05) is 35.5 Å². The van der Waals surface area contributed by atoms with Crippen molar-refractivity contribution in [2.75, 3.05) is 0 Å². The molecule has 0 saturated heterocycles. The van der Waals surface area contributed by atoms with E-state index < -0.39 is 11.8 Å². The number of nitrogens with zero attached hydrogens (tertiary/aromatic N) is 1. The van der Waals surface area contributed by atoms with E-state index in [0.29, 0.717) is 28.7 Å². The Morgan fingerprint density at radius 2 is 2.07 bits per heavy atom. The fourth-order valence-electron chi connectivity index (χ4n) is 2.23. The van der Waals surface area contributed by atoms with Crippen LogP contribution in [0.4, 0.5) is 0 Å². The van der Waals surface area contributed by atoms with Crippen LogP contribution in [0.5, 0.6) is 5.75 Å². The molecule has 2 rings (SSSR count). The fraction of sp³-hybridized carbons (Fsp3) is 0.111. The minimum absolute atomic E-state index is 0.0191. The maximum Gasteiger partial charge on any atom is 0.267 e. The molecular formula is C18H18N4O5. The molecule has 0 unspecified atom stereocenters. The Morgan fingerprint density at radius 3 is 2.78 bits per heavy atom. The molecule has 2 aromatic rings. The van der Waals surface area contributed by atoms with Gasteiger partial charge in [0.25, 0.3) is 11.8 Å². The average Bonchev–Trinajstić information content (AvgIpc) is 2.69. The van der Waals surface area contributed by atoms with Crippen molar-refractivity contribution >= 4 is 24.2 Å². The van der Waals surface area contributed by atoms with Gasteiger partial charge in [0.1, 0.15) is 5.75 Å². The van der Waals surface area contributed by atoms with Gasteiger partial charge in [-0.05, 0) is 30.7 Å². The SMILES string of the molecule is Cc1ncc(C=O)c(CNNC(=O)c2cccc(/C=C/C(=O)NO)c2)c1O. The molecule has 1 heterocycles. The van der Waals surface area contributed by atoms with Crippen LogP contribution in [0.3, 0.4) is 0 Å². The molecule has 1 aromatic carbocycles. The first-order chi connectivity index (χ1) is 13.0. The van der Waals surface area contributed by atoms with Crippen LogP contribution in [-0.4, -0.2) is 33.4 Å². The normalized spacial score (nSPS) is 10.6. The zero-order valence-corrected chi connectivity index (χ0v) is 14.4. The summed E-state index contributed by atoms with van der Waals surface area (Å²) >= 11 is 0. The molecule has 27 heavy (non-hydrogen) atoms. The van der Waals surface area contributed by atoms with E-state index in [4.69, 9.17) is 5.21 Å². The average molecular weight is 370 g/mol. The topological polar surface area (TPSA) is 141 Å². The second-order valence-corrected chi connectivity index (χ2v) is 5.49.